The van der Waals surface area contributed by atoms with E-state index in [1.807, 2.05) is 6.92 Å². The summed E-state index contributed by atoms with van der Waals surface area (Å²) in [6.45, 7) is 3.55. The van der Waals surface area contributed by atoms with Gasteiger partial charge in [0.1, 0.15) is 0 Å². The van der Waals surface area contributed by atoms with Crippen molar-refractivity contribution in [1.29, 1.82) is 0 Å². The quantitative estimate of drug-likeness (QED) is 0.777. The number of hydrogen-bond acceptors (Lipinski definition) is 3. The second-order valence-electron chi connectivity index (χ2n) is 5.28. The van der Waals surface area contributed by atoms with Crippen LogP contribution in [-0.4, -0.2) is 24.9 Å². The van der Waals surface area contributed by atoms with Crippen molar-refractivity contribution in [1.82, 2.24) is 5.32 Å². The first-order valence-electron chi connectivity index (χ1n) is 6.39. The van der Waals surface area contributed by atoms with E-state index in [9.17, 15) is 9.59 Å². The molecule has 0 aliphatic carbocycles. The Bertz CT molecular complexity index is 482. The normalized spacial score (nSPS) is 21.1. The fraction of sp³-hybridized carbons (Fsp3) is 0.429. The average molecular weight is 298 g/mol. The maximum Gasteiger partial charge on any atom is 0.231 e. The zero-order valence-electron chi connectivity index (χ0n) is 11.4. The zero-order chi connectivity index (χ0) is 13.9. The van der Waals surface area contributed by atoms with Gasteiger partial charge in [-0.1, -0.05) is 12.1 Å². The van der Waals surface area contributed by atoms with Crippen LogP contribution in [0.15, 0.2) is 24.3 Å². The molecule has 2 amide bonds. The predicted molar refractivity (Wildman–Crippen MR) is 80.8 cm³/mol. The minimum atomic E-state index is -0.360. The van der Waals surface area contributed by atoms with Crippen LogP contribution in [0.5, 0.6) is 0 Å². The molecule has 5 nitrogen and oxygen atoms in total. The lowest BCUT2D eigenvalue weighted by Crippen LogP contribution is -2.35. The molecule has 0 radical (unpaired) electrons. The molecule has 1 unspecified atom stereocenters. The summed E-state index contributed by atoms with van der Waals surface area (Å²) in [5, 5.41) is 6.11. The second-order valence-corrected chi connectivity index (χ2v) is 5.28. The average Bonchev–Trinajstić information content (AvgIpc) is 2.79. The van der Waals surface area contributed by atoms with Gasteiger partial charge >= 0.3 is 0 Å². The van der Waals surface area contributed by atoms with Crippen molar-refractivity contribution < 1.29 is 9.59 Å². The summed E-state index contributed by atoms with van der Waals surface area (Å²) in [5.41, 5.74) is 6.37. The van der Waals surface area contributed by atoms with Gasteiger partial charge in [0.2, 0.25) is 11.8 Å². The largest absolute Gasteiger partial charge is 0.369 e. The molecule has 6 heteroatoms. The highest BCUT2D eigenvalue weighted by atomic mass is 35.5. The van der Waals surface area contributed by atoms with E-state index in [0.717, 1.165) is 24.2 Å². The molecule has 1 atom stereocenters. The minimum absolute atomic E-state index is 0. The van der Waals surface area contributed by atoms with Crippen molar-refractivity contribution in [3.05, 3.63) is 29.8 Å². The van der Waals surface area contributed by atoms with Crippen LogP contribution in [-0.2, 0) is 16.0 Å². The maximum atomic E-state index is 12.2. The summed E-state index contributed by atoms with van der Waals surface area (Å²) < 4.78 is 0. The number of halogens is 1. The Morgan fingerprint density at radius 1 is 1.35 bits per heavy atom. The van der Waals surface area contributed by atoms with Crippen LogP contribution >= 0.6 is 12.4 Å². The van der Waals surface area contributed by atoms with Crippen molar-refractivity contribution in [2.75, 3.05) is 18.4 Å². The van der Waals surface area contributed by atoms with E-state index in [1.54, 1.807) is 24.3 Å². The van der Waals surface area contributed by atoms with Gasteiger partial charge in [0, 0.05) is 12.2 Å². The molecule has 0 aromatic heterocycles. The molecule has 0 saturated carbocycles. The van der Waals surface area contributed by atoms with Gasteiger partial charge in [-0.2, -0.15) is 0 Å². The van der Waals surface area contributed by atoms with Crippen molar-refractivity contribution in [3.63, 3.8) is 0 Å². The molecule has 1 aromatic carbocycles. The first kappa shape index (κ1) is 16.5. The topological polar surface area (TPSA) is 84.2 Å². The van der Waals surface area contributed by atoms with Gasteiger partial charge in [0.05, 0.1) is 11.8 Å². The van der Waals surface area contributed by atoms with Crippen molar-refractivity contribution >= 4 is 29.9 Å². The Balaban J connectivity index is 0.00000200. The second kappa shape index (κ2) is 6.72. The van der Waals surface area contributed by atoms with Crippen molar-refractivity contribution in [2.24, 2.45) is 11.1 Å². The molecular weight excluding hydrogens is 278 g/mol. The third-order valence-electron chi connectivity index (χ3n) is 3.51. The summed E-state index contributed by atoms with van der Waals surface area (Å²) in [5.74, 6) is -0.332. The zero-order valence-corrected chi connectivity index (χ0v) is 12.3. The van der Waals surface area contributed by atoms with Crippen LogP contribution in [0.2, 0.25) is 0 Å². The van der Waals surface area contributed by atoms with Crippen LogP contribution < -0.4 is 16.4 Å². The number of nitrogens with two attached hydrogens (primary N) is 1. The Labute approximate surface area is 124 Å². The standard InChI is InChI=1S/C14H19N3O2.ClH/c1-14(6-7-16-9-14)13(19)17-11-4-2-10(3-5-11)8-12(15)18;/h2-5,16H,6-9H2,1H3,(H2,15,18)(H,17,19);1H. The maximum absolute atomic E-state index is 12.2. The number of benzene rings is 1. The third kappa shape index (κ3) is 3.95. The Morgan fingerprint density at radius 3 is 2.50 bits per heavy atom. The molecule has 1 saturated heterocycles. The van der Waals surface area contributed by atoms with E-state index in [-0.39, 0.29) is 36.1 Å². The number of rotatable bonds is 4. The molecule has 0 spiro atoms. The highest BCUT2D eigenvalue weighted by Crippen LogP contribution is 2.26. The first-order valence-corrected chi connectivity index (χ1v) is 6.39. The van der Waals surface area contributed by atoms with Gasteiger partial charge < -0.3 is 16.4 Å². The van der Waals surface area contributed by atoms with E-state index >= 15 is 0 Å². The van der Waals surface area contributed by atoms with Gasteiger partial charge in [-0.05, 0) is 37.6 Å². The smallest absolute Gasteiger partial charge is 0.231 e. The molecule has 2 rings (SSSR count). The van der Waals surface area contributed by atoms with E-state index in [4.69, 9.17) is 5.73 Å². The first-order chi connectivity index (χ1) is 8.99. The van der Waals surface area contributed by atoms with Gasteiger partial charge in [0.25, 0.3) is 0 Å². The van der Waals surface area contributed by atoms with Gasteiger partial charge in [0.15, 0.2) is 0 Å². The van der Waals surface area contributed by atoms with Crippen LogP contribution in [0.25, 0.3) is 0 Å². The van der Waals surface area contributed by atoms with Crippen molar-refractivity contribution in [3.8, 4) is 0 Å². The number of primary amides is 1. The lowest BCUT2D eigenvalue weighted by Gasteiger charge is -2.21. The molecule has 1 heterocycles. The number of nitrogens with one attached hydrogen (secondary N) is 2. The number of carbonyl (C=O) groups is 2. The Morgan fingerprint density at radius 2 is 2.00 bits per heavy atom. The number of carbonyl (C=O) groups excluding carboxylic acids is 2. The molecular formula is C14H20ClN3O2. The van der Waals surface area contributed by atoms with Crippen LogP contribution in [0.3, 0.4) is 0 Å². The van der Waals surface area contributed by atoms with Crippen LogP contribution in [0.4, 0.5) is 5.69 Å². The van der Waals surface area contributed by atoms with E-state index in [1.165, 1.54) is 0 Å². The van der Waals surface area contributed by atoms with E-state index < -0.39 is 0 Å². The van der Waals surface area contributed by atoms with E-state index in [0.29, 0.717) is 6.54 Å². The molecule has 4 N–H and O–H groups in total. The van der Waals surface area contributed by atoms with Gasteiger partial charge in [-0.15, -0.1) is 12.4 Å². The number of anilines is 1. The summed E-state index contributed by atoms with van der Waals surface area (Å²) in [4.78, 5) is 23.0. The minimum Gasteiger partial charge on any atom is -0.369 e. The van der Waals surface area contributed by atoms with Crippen LogP contribution in [0.1, 0.15) is 18.9 Å². The van der Waals surface area contributed by atoms with E-state index in [2.05, 4.69) is 10.6 Å². The molecule has 1 aromatic rings. The molecule has 1 aliphatic heterocycles. The molecule has 0 bridgehead atoms. The van der Waals surface area contributed by atoms with Crippen LogP contribution in [0, 0.1) is 5.41 Å². The van der Waals surface area contributed by atoms with Crippen molar-refractivity contribution in [2.45, 2.75) is 19.8 Å². The summed E-state index contributed by atoms with van der Waals surface area (Å²) >= 11 is 0. The SMILES string of the molecule is CC1(C(=O)Nc2ccc(CC(N)=O)cc2)CCNC1.Cl. The predicted octanol–water partition coefficient (Wildman–Crippen LogP) is 1.07. The molecule has 1 aliphatic rings. The fourth-order valence-corrected chi connectivity index (χ4v) is 2.20. The van der Waals surface area contributed by atoms with Gasteiger partial charge in [-0.3, -0.25) is 9.59 Å². The summed E-state index contributed by atoms with van der Waals surface area (Å²) in [6.07, 6.45) is 1.06. The number of amides is 2. The molecule has 110 valence electrons. The Kier molecular flexibility index (Phi) is 5.53. The fourth-order valence-electron chi connectivity index (χ4n) is 2.20. The third-order valence-corrected chi connectivity index (χ3v) is 3.51. The lowest BCUT2D eigenvalue weighted by molar-refractivity contribution is -0.123. The summed E-state index contributed by atoms with van der Waals surface area (Å²) in [6, 6.07) is 7.19. The summed E-state index contributed by atoms with van der Waals surface area (Å²) in [7, 11) is 0. The van der Waals surface area contributed by atoms with Gasteiger partial charge in [-0.25, -0.2) is 0 Å². The highest BCUT2D eigenvalue weighted by molar-refractivity contribution is 5.95. The molecule has 1 fully saturated rings. The Hall–Kier alpha value is -1.59. The molecule has 20 heavy (non-hydrogen) atoms. The number of hydrogen-bond donors (Lipinski definition) is 3. The highest BCUT2D eigenvalue weighted by Gasteiger charge is 2.36. The monoisotopic (exact) mass is 297 g/mol. The lowest BCUT2D eigenvalue weighted by atomic mass is 9.88.